The predicted octanol–water partition coefficient (Wildman–Crippen LogP) is 5.00. The summed E-state index contributed by atoms with van der Waals surface area (Å²) in [6.45, 7) is 1.97. The van der Waals surface area contributed by atoms with Crippen LogP contribution in [0.15, 0.2) is 60.8 Å². The van der Waals surface area contributed by atoms with Crippen molar-refractivity contribution in [2.24, 2.45) is 0 Å². The van der Waals surface area contributed by atoms with Crippen molar-refractivity contribution in [3.05, 3.63) is 78.0 Å². The van der Waals surface area contributed by atoms with Gasteiger partial charge in [0.1, 0.15) is 0 Å². The van der Waals surface area contributed by atoms with E-state index in [-0.39, 0.29) is 5.56 Å². The molecule has 0 aliphatic rings. The maximum absolute atomic E-state index is 13.9. The van der Waals surface area contributed by atoms with Gasteiger partial charge in [-0.15, -0.1) is 0 Å². The van der Waals surface area contributed by atoms with E-state index in [4.69, 9.17) is 0 Å². The molecule has 0 aliphatic carbocycles. The van der Waals surface area contributed by atoms with Crippen LogP contribution in [-0.2, 0) is 0 Å². The monoisotopic (exact) mass is 281 g/mol. The Labute approximate surface area is 121 Å². The van der Waals surface area contributed by atoms with Gasteiger partial charge in [-0.05, 0) is 36.2 Å². The van der Waals surface area contributed by atoms with E-state index in [1.807, 2.05) is 37.3 Å². The standard InChI is InChI=1S/C18H13F2N/c1-12-8-9-17(21-11-12)14-5-2-4-13(10-14)15-6-3-7-16(19)18(15)20/h2-11H,1H3. The number of benzene rings is 2. The third-order valence-corrected chi connectivity index (χ3v) is 3.33. The predicted molar refractivity (Wildman–Crippen MR) is 79.8 cm³/mol. The van der Waals surface area contributed by atoms with Gasteiger partial charge < -0.3 is 0 Å². The number of halogens is 2. The van der Waals surface area contributed by atoms with E-state index in [1.54, 1.807) is 18.3 Å². The normalized spacial score (nSPS) is 10.6. The van der Waals surface area contributed by atoms with Crippen LogP contribution in [0.1, 0.15) is 5.56 Å². The molecule has 0 amide bonds. The van der Waals surface area contributed by atoms with E-state index in [9.17, 15) is 8.78 Å². The number of pyridine rings is 1. The van der Waals surface area contributed by atoms with Crippen molar-refractivity contribution < 1.29 is 8.78 Å². The van der Waals surface area contributed by atoms with E-state index < -0.39 is 11.6 Å². The molecule has 0 bridgehead atoms. The maximum Gasteiger partial charge on any atom is 0.166 e. The fourth-order valence-corrected chi connectivity index (χ4v) is 2.21. The zero-order valence-corrected chi connectivity index (χ0v) is 11.5. The third-order valence-electron chi connectivity index (χ3n) is 3.33. The highest BCUT2D eigenvalue weighted by atomic mass is 19.2. The van der Waals surface area contributed by atoms with Crippen LogP contribution in [0.25, 0.3) is 22.4 Å². The molecule has 0 saturated heterocycles. The molecule has 0 fully saturated rings. The molecule has 0 atom stereocenters. The van der Waals surface area contributed by atoms with E-state index in [2.05, 4.69) is 4.98 Å². The lowest BCUT2D eigenvalue weighted by atomic mass is 10.0. The minimum Gasteiger partial charge on any atom is -0.256 e. The largest absolute Gasteiger partial charge is 0.256 e. The Morgan fingerprint density at radius 1 is 0.857 bits per heavy atom. The van der Waals surface area contributed by atoms with Gasteiger partial charge in [0.25, 0.3) is 0 Å². The second kappa shape index (κ2) is 5.44. The first kappa shape index (κ1) is 13.4. The summed E-state index contributed by atoms with van der Waals surface area (Å²) in [5.74, 6) is -1.67. The number of hydrogen-bond donors (Lipinski definition) is 0. The van der Waals surface area contributed by atoms with Crippen molar-refractivity contribution >= 4 is 0 Å². The summed E-state index contributed by atoms with van der Waals surface area (Å²) in [4.78, 5) is 4.36. The van der Waals surface area contributed by atoms with Crippen molar-refractivity contribution in [1.82, 2.24) is 4.98 Å². The van der Waals surface area contributed by atoms with Gasteiger partial charge in [-0.25, -0.2) is 8.78 Å². The van der Waals surface area contributed by atoms with Crippen molar-refractivity contribution in [2.75, 3.05) is 0 Å². The summed E-state index contributed by atoms with van der Waals surface area (Å²) in [5.41, 5.74) is 3.64. The molecular formula is C18H13F2N. The van der Waals surface area contributed by atoms with Gasteiger partial charge >= 0.3 is 0 Å². The Hall–Kier alpha value is -2.55. The van der Waals surface area contributed by atoms with Crippen LogP contribution in [-0.4, -0.2) is 4.98 Å². The Morgan fingerprint density at radius 3 is 2.38 bits per heavy atom. The van der Waals surface area contributed by atoms with Crippen molar-refractivity contribution in [1.29, 1.82) is 0 Å². The SMILES string of the molecule is Cc1ccc(-c2cccc(-c3cccc(F)c3F)c2)nc1. The number of hydrogen-bond acceptors (Lipinski definition) is 1. The summed E-state index contributed by atoms with van der Waals surface area (Å²) in [6, 6.07) is 15.4. The molecule has 0 N–H and O–H groups in total. The first-order chi connectivity index (χ1) is 10.1. The lowest BCUT2D eigenvalue weighted by molar-refractivity contribution is 0.511. The zero-order chi connectivity index (χ0) is 14.8. The van der Waals surface area contributed by atoms with Crippen molar-refractivity contribution in [2.45, 2.75) is 6.92 Å². The summed E-state index contributed by atoms with van der Waals surface area (Å²) >= 11 is 0. The Bertz CT molecular complexity index is 779. The number of nitrogens with zero attached hydrogens (tertiary/aromatic N) is 1. The number of rotatable bonds is 2. The molecular weight excluding hydrogens is 268 g/mol. The van der Waals surface area contributed by atoms with E-state index >= 15 is 0 Å². The molecule has 3 aromatic rings. The number of aromatic nitrogens is 1. The van der Waals surface area contributed by atoms with Crippen molar-refractivity contribution in [3.8, 4) is 22.4 Å². The fraction of sp³-hybridized carbons (Fsp3) is 0.0556. The van der Waals surface area contributed by atoms with Crippen LogP contribution in [0.5, 0.6) is 0 Å². The molecule has 0 aliphatic heterocycles. The minimum absolute atomic E-state index is 0.254. The lowest BCUT2D eigenvalue weighted by Gasteiger charge is -2.07. The van der Waals surface area contributed by atoms with Gasteiger partial charge in [0.2, 0.25) is 0 Å². The molecule has 1 aromatic heterocycles. The highest BCUT2D eigenvalue weighted by molar-refractivity contribution is 5.71. The van der Waals surface area contributed by atoms with E-state index in [0.717, 1.165) is 22.9 Å². The van der Waals surface area contributed by atoms with E-state index in [1.165, 1.54) is 6.07 Å². The van der Waals surface area contributed by atoms with Gasteiger partial charge in [-0.3, -0.25) is 4.98 Å². The number of aryl methyl sites for hydroxylation is 1. The minimum atomic E-state index is -0.841. The average Bonchev–Trinajstić information content (AvgIpc) is 2.51. The molecule has 0 saturated carbocycles. The molecule has 3 rings (SSSR count). The third kappa shape index (κ3) is 2.68. The van der Waals surface area contributed by atoms with Gasteiger partial charge in [-0.1, -0.05) is 36.4 Å². The Balaban J connectivity index is 2.08. The highest BCUT2D eigenvalue weighted by Gasteiger charge is 2.10. The summed E-state index contributed by atoms with van der Waals surface area (Å²) in [6.07, 6.45) is 1.78. The Morgan fingerprint density at radius 2 is 1.62 bits per heavy atom. The molecule has 3 heteroatoms. The summed E-state index contributed by atoms with van der Waals surface area (Å²) in [7, 11) is 0. The van der Waals surface area contributed by atoms with Crippen LogP contribution in [0.2, 0.25) is 0 Å². The first-order valence-corrected chi connectivity index (χ1v) is 6.62. The van der Waals surface area contributed by atoms with Gasteiger partial charge in [-0.2, -0.15) is 0 Å². The van der Waals surface area contributed by atoms with Gasteiger partial charge in [0, 0.05) is 17.3 Å². The molecule has 21 heavy (non-hydrogen) atoms. The fourth-order valence-electron chi connectivity index (χ4n) is 2.21. The first-order valence-electron chi connectivity index (χ1n) is 6.62. The average molecular weight is 281 g/mol. The second-order valence-corrected chi connectivity index (χ2v) is 4.90. The molecule has 104 valence electrons. The highest BCUT2D eigenvalue weighted by Crippen LogP contribution is 2.28. The van der Waals surface area contributed by atoms with Crippen LogP contribution in [0.4, 0.5) is 8.78 Å². The molecule has 1 heterocycles. The second-order valence-electron chi connectivity index (χ2n) is 4.90. The smallest absolute Gasteiger partial charge is 0.166 e. The quantitative estimate of drug-likeness (QED) is 0.644. The van der Waals surface area contributed by atoms with Crippen LogP contribution in [0, 0.1) is 18.6 Å². The summed E-state index contributed by atoms with van der Waals surface area (Å²) < 4.78 is 27.2. The lowest BCUT2D eigenvalue weighted by Crippen LogP contribution is -1.90. The van der Waals surface area contributed by atoms with Crippen LogP contribution >= 0.6 is 0 Å². The van der Waals surface area contributed by atoms with Gasteiger partial charge in [0.05, 0.1) is 5.69 Å². The van der Waals surface area contributed by atoms with Gasteiger partial charge in [0.15, 0.2) is 11.6 Å². The molecule has 2 aromatic carbocycles. The Kier molecular flexibility index (Phi) is 3.48. The topological polar surface area (TPSA) is 12.9 Å². The maximum atomic E-state index is 13.9. The van der Waals surface area contributed by atoms with Crippen LogP contribution in [0.3, 0.4) is 0 Å². The zero-order valence-electron chi connectivity index (χ0n) is 11.5. The molecule has 0 spiro atoms. The summed E-state index contributed by atoms with van der Waals surface area (Å²) in [5, 5.41) is 0. The molecule has 0 radical (unpaired) electrons. The molecule has 1 nitrogen and oxygen atoms in total. The van der Waals surface area contributed by atoms with Crippen LogP contribution < -0.4 is 0 Å². The van der Waals surface area contributed by atoms with Crippen molar-refractivity contribution in [3.63, 3.8) is 0 Å². The van der Waals surface area contributed by atoms with E-state index in [0.29, 0.717) is 5.56 Å². The molecule has 0 unspecified atom stereocenters.